The monoisotopic (exact) mass is 431 g/mol. The highest BCUT2D eigenvalue weighted by atomic mass is 16.6. The Morgan fingerprint density at radius 3 is 1.94 bits per heavy atom. The molecule has 3 fully saturated rings. The van der Waals surface area contributed by atoms with Gasteiger partial charge in [-0.3, -0.25) is 4.68 Å². The van der Waals surface area contributed by atoms with Crippen LogP contribution in [0.2, 0.25) is 0 Å². The second kappa shape index (κ2) is 7.82. The molecule has 31 heavy (non-hydrogen) atoms. The smallest absolute Gasteiger partial charge is 0.419 e. The van der Waals surface area contributed by atoms with Crippen molar-refractivity contribution in [1.29, 1.82) is 0 Å². The van der Waals surface area contributed by atoms with Gasteiger partial charge in [0, 0.05) is 18.7 Å². The van der Waals surface area contributed by atoms with E-state index in [0.717, 1.165) is 23.7 Å². The van der Waals surface area contributed by atoms with Crippen molar-refractivity contribution in [2.75, 3.05) is 6.54 Å². The number of aromatic nitrogens is 2. The fourth-order valence-corrected chi connectivity index (χ4v) is 4.17. The van der Waals surface area contributed by atoms with Crippen molar-refractivity contribution in [2.45, 2.75) is 109 Å². The molecule has 0 aromatic carbocycles. The van der Waals surface area contributed by atoms with E-state index < -0.39 is 23.4 Å². The maximum atomic E-state index is 12.7. The number of hydrogen-bond acceptors (Lipinski definition) is 5. The minimum absolute atomic E-state index is 0.225. The van der Waals surface area contributed by atoms with Crippen LogP contribution in [0.4, 0.5) is 9.59 Å². The number of carbonyl (C=O) groups is 2. The van der Waals surface area contributed by atoms with Crippen LogP contribution in [0.1, 0.15) is 109 Å². The quantitative estimate of drug-likeness (QED) is 0.592. The number of carbonyl (C=O) groups excluding carboxylic acids is 2. The highest BCUT2D eigenvalue weighted by molar-refractivity contribution is 5.88. The standard InChI is InChI=1S/C24H37N3O4/c1-23(2,3)30-21(28)26(22(29)31-24(4,5)6)13-15-11-18(12-15)27-14-19(16-7-8-16)20(25-27)17-9-10-17/h14-18H,7-13H2,1-6H3. The maximum absolute atomic E-state index is 12.7. The molecule has 7 nitrogen and oxygen atoms in total. The van der Waals surface area contributed by atoms with Crippen molar-refractivity contribution >= 4 is 12.2 Å². The van der Waals surface area contributed by atoms with Crippen LogP contribution in [-0.2, 0) is 9.47 Å². The van der Waals surface area contributed by atoms with E-state index in [1.807, 2.05) is 0 Å². The minimum atomic E-state index is -0.674. The SMILES string of the molecule is CC(C)(C)OC(=O)N(CC1CC(n2cc(C3CC3)c(C3CC3)n2)C1)C(=O)OC(C)(C)C. The number of amides is 2. The molecule has 0 N–H and O–H groups in total. The third-order valence-corrected chi connectivity index (χ3v) is 6.03. The van der Waals surface area contributed by atoms with Gasteiger partial charge in [0.05, 0.1) is 11.7 Å². The molecule has 4 rings (SSSR count). The van der Waals surface area contributed by atoms with E-state index in [0.29, 0.717) is 18.5 Å². The summed E-state index contributed by atoms with van der Waals surface area (Å²) in [5, 5.41) is 4.96. The molecule has 2 amide bonds. The molecule has 1 heterocycles. The molecule has 1 aromatic rings. The molecule has 0 radical (unpaired) electrons. The van der Waals surface area contributed by atoms with Crippen LogP contribution in [-0.4, -0.2) is 44.6 Å². The molecule has 0 atom stereocenters. The summed E-state index contributed by atoms with van der Waals surface area (Å²) in [5.74, 6) is 1.61. The van der Waals surface area contributed by atoms with Gasteiger partial charge in [-0.25, -0.2) is 14.5 Å². The number of rotatable bonds is 5. The van der Waals surface area contributed by atoms with Crippen LogP contribution < -0.4 is 0 Å². The van der Waals surface area contributed by atoms with Gasteiger partial charge < -0.3 is 9.47 Å². The van der Waals surface area contributed by atoms with Gasteiger partial charge in [-0.2, -0.15) is 5.10 Å². The Kier molecular flexibility index (Phi) is 5.59. The number of hydrogen-bond donors (Lipinski definition) is 0. The van der Waals surface area contributed by atoms with Crippen LogP contribution in [0.3, 0.4) is 0 Å². The van der Waals surface area contributed by atoms with E-state index in [1.165, 1.54) is 36.9 Å². The molecular weight excluding hydrogens is 394 g/mol. The third-order valence-electron chi connectivity index (χ3n) is 6.03. The predicted octanol–water partition coefficient (Wildman–Crippen LogP) is 5.76. The summed E-state index contributed by atoms with van der Waals surface area (Å²) in [6, 6.07) is 0.342. The van der Waals surface area contributed by atoms with E-state index in [-0.39, 0.29) is 5.92 Å². The summed E-state index contributed by atoms with van der Waals surface area (Å²) >= 11 is 0. The van der Waals surface area contributed by atoms with Gasteiger partial charge in [-0.1, -0.05) is 0 Å². The molecule has 0 bridgehead atoms. The molecule has 1 aromatic heterocycles. The summed E-state index contributed by atoms with van der Waals surface area (Å²) in [7, 11) is 0. The van der Waals surface area contributed by atoms with Crippen LogP contribution in [0, 0.1) is 5.92 Å². The van der Waals surface area contributed by atoms with E-state index >= 15 is 0 Å². The largest absolute Gasteiger partial charge is 0.443 e. The predicted molar refractivity (Wildman–Crippen MR) is 117 cm³/mol. The number of nitrogens with zero attached hydrogens (tertiary/aromatic N) is 3. The van der Waals surface area contributed by atoms with Gasteiger partial charge in [0.25, 0.3) is 0 Å². The Bertz CT molecular complexity index is 776. The minimum Gasteiger partial charge on any atom is -0.443 e. The molecule has 0 aliphatic heterocycles. The molecule has 3 aliphatic rings. The van der Waals surface area contributed by atoms with E-state index in [1.54, 1.807) is 41.5 Å². The topological polar surface area (TPSA) is 73.7 Å². The van der Waals surface area contributed by atoms with Crippen LogP contribution in [0.15, 0.2) is 6.20 Å². The average molecular weight is 432 g/mol. The molecule has 3 saturated carbocycles. The van der Waals surface area contributed by atoms with E-state index in [2.05, 4.69) is 10.9 Å². The summed E-state index contributed by atoms with van der Waals surface area (Å²) in [6.45, 7) is 11.1. The summed E-state index contributed by atoms with van der Waals surface area (Å²) in [5.41, 5.74) is 1.45. The fourth-order valence-electron chi connectivity index (χ4n) is 4.17. The lowest BCUT2D eigenvalue weighted by Gasteiger charge is -2.38. The first-order chi connectivity index (χ1) is 14.4. The number of imide groups is 1. The maximum Gasteiger partial charge on any atom is 0.419 e. The van der Waals surface area contributed by atoms with Crippen molar-refractivity contribution < 1.29 is 19.1 Å². The zero-order valence-electron chi connectivity index (χ0n) is 19.8. The average Bonchev–Trinajstić information content (AvgIpc) is 3.48. The molecule has 3 aliphatic carbocycles. The van der Waals surface area contributed by atoms with Gasteiger partial charge in [0.15, 0.2) is 0 Å². The first-order valence-corrected chi connectivity index (χ1v) is 11.7. The second-order valence-electron chi connectivity index (χ2n) is 11.6. The van der Waals surface area contributed by atoms with Crippen molar-refractivity contribution in [3.05, 3.63) is 17.5 Å². The summed E-state index contributed by atoms with van der Waals surface area (Å²) < 4.78 is 13.1. The second-order valence-corrected chi connectivity index (χ2v) is 11.6. The summed E-state index contributed by atoms with van der Waals surface area (Å²) in [6.07, 6.45) is 7.91. The number of ether oxygens (including phenoxy) is 2. The third kappa shape index (κ3) is 5.60. The van der Waals surface area contributed by atoms with Gasteiger partial charge in [0.2, 0.25) is 0 Å². The lowest BCUT2D eigenvalue weighted by Crippen LogP contribution is -2.47. The Hall–Kier alpha value is -2.05. The molecular formula is C24H37N3O4. The normalized spacial score (nSPS) is 23.8. The highest BCUT2D eigenvalue weighted by Gasteiger charge is 2.40. The Balaban J connectivity index is 1.39. The Labute approximate surface area is 185 Å². The summed E-state index contributed by atoms with van der Waals surface area (Å²) in [4.78, 5) is 26.6. The zero-order chi connectivity index (χ0) is 22.6. The van der Waals surface area contributed by atoms with Gasteiger partial charge >= 0.3 is 12.2 Å². The van der Waals surface area contributed by atoms with Crippen LogP contribution >= 0.6 is 0 Å². The van der Waals surface area contributed by atoms with Crippen LogP contribution in [0.5, 0.6) is 0 Å². The van der Waals surface area contributed by atoms with Gasteiger partial charge in [-0.05, 0) is 97.5 Å². The van der Waals surface area contributed by atoms with Gasteiger partial charge in [-0.15, -0.1) is 0 Å². The van der Waals surface area contributed by atoms with Crippen molar-refractivity contribution in [1.82, 2.24) is 14.7 Å². The Morgan fingerprint density at radius 1 is 0.968 bits per heavy atom. The van der Waals surface area contributed by atoms with Gasteiger partial charge in [0.1, 0.15) is 11.2 Å². The molecule has 0 saturated heterocycles. The molecule has 0 spiro atoms. The van der Waals surface area contributed by atoms with Crippen molar-refractivity contribution in [3.8, 4) is 0 Å². The van der Waals surface area contributed by atoms with Crippen LogP contribution in [0.25, 0.3) is 0 Å². The van der Waals surface area contributed by atoms with Crippen molar-refractivity contribution in [3.63, 3.8) is 0 Å². The first kappa shape index (κ1) is 22.2. The highest BCUT2D eigenvalue weighted by Crippen LogP contribution is 2.50. The molecule has 172 valence electrons. The van der Waals surface area contributed by atoms with E-state index in [4.69, 9.17) is 14.6 Å². The first-order valence-electron chi connectivity index (χ1n) is 11.7. The molecule has 0 unspecified atom stereocenters. The molecule has 7 heteroatoms. The fraction of sp³-hybridized carbons (Fsp3) is 0.792. The van der Waals surface area contributed by atoms with Crippen molar-refractivity contribution in [2.24, 2.45) is 5.92 Å². The lowest BCUT2D eigenvalue weighted by atomic mass is 9.80. The zero-order valence-corrected chi connectivity index (χ0v) is 19.8. The lowest BCUT2D eigenvalue weighted by molar-refractivity contribution is -0.00641. The Morgan fingerprint density at radius 2 is 1.48 bits per heavy atom. The van der Waals surface area contributed by atoms with E-state index in [9.17, 15) is 9.59 Å².